The SMILES string of the molecule is Cc1ccc(OC(F)(F)F)c2c1NC(=O)C2=O. The summed E-state index contributed by atoms with van der Waals surface area (Å²) in [6, 6.07) is 2.35. The van der Waals surface area contributed by atoms with Crippen LogP contribution in [0.15, 0.2) is 12.1 Å². The number of rotatable bonds is 1. The van der Waals surface area contributed by atoms with E-state index in [1.165, 1.54) is 6.07 Å². The number of alkyl halides is 3. The van der Waals surface area contributed by atoms with Crippen LogP contribution in [0.1, 0.15) is 15.9 Å². The summed E-state index contributed by atoms with van der Waals surface area (Å²) in [6.45, 7) is 1.56. The van der Waals surface area contributed by atoms with Crippen molar-refractivity contribution in [3.05, 3.63) is 23.3 Å². The molecule has 1 aromatic carbocycles. The first-order valence-electron chi connectivity index (χ1n) is 4.54. The molecule has 0 saturated carbocycles. The average molecular weight is 245 g/mol. The summed E-state index contributed by atoms with van der Waals surface area (Å²) in [5, 5.41) is 2.21. The summed E-state index contributed by atoms with van der Waals surface area (Å²) >= 11 is 0. The molecule has 0 atom stereocenters. The van der Waals surface area contributed by atoms with Crippen molar-refractivity contribution in [2.45, 2.75) is 13.3 Å². The van der Waals surface area contributed by atoms with E-state index in [1.807, 2.05) is 0 Å². The van der Waals surface area contributed by atoms with Crippen molar-refractivity contribution in [1.82, 2.24) is 0 Å². The molecule has 0 aliphatic carbocycles. The maximum atomic E-state index is 12.1. The van der Waals surface area contributed by atoms with Gasteiger partial charge in [-0.05, 0) is 18.6 Å². The lowest BCUT2D eigenvalue weighted by atomic mass is 10.1. The molecule has 2 rings (SSSR count). The van der Waals surface area contributed by atoms with Crippen LogP contribution in [0.25, 0.3) is 0 Å². The molecular formula is C10H6F3NO3. The number of benzene rings is 1. The lowest BCUT2D eigenvalue weighted by Crippen LogP contribution is -2.19. The van der Waals surface area contributed by atoms with Gasteiger partial charge < -0.3 is 10.1 Å². The predicted octanol–water partition coefficient (Wildman–Crippen LogP) is 2.03. The van der Waals surface area contributed by atoms with Crippen LogP contribution in [0.3, 0.4) is 0 Å². The highest BCUT2D eigenvalue weighted by Gasteiger charge is 2.38. The number of aryl methyl sites for hydroxylation is 1. The summed E-state index contributed by atoms with van der Waals surface area (Å²) in [5.41, 5.74) is 0.197. The smallest absolute Gasteiger partial charge is 0.405 e. The normalized spacial score (nSPS) is 14.6. The molecule has 0 saturated heterocycles. The molecule has 0 radical (unpaired) electrons. The van der Waals surface area contributed by atoms with Crippen LogP contribution in [0, 0.1) is 6.92 Å². The first-order valence-corrected chi connectivity index (χ1v) is 4.54. The molecule has 0 bridgehead atoms. The number of hydrogen-bond acceptors (Lipinski definition) is 3. The molecule has 1 amide bonds. The molecule has 17 heavy (non-hydrogen) atoms. The average Bonchev–Trinajstić information content (AvgIpc) is 2.48. The standard InChI is InChI=1S/C10H6F3NO3/c1-4-2-3-5(17-10(11,12)13)6-7(4)14-9(16)8(6)15/h2-3H,1H3,(H,14,15,16). The molecule has 0 fully saturated rings. The van der Waals surface area contributed by atoms with E-state index in [-0.39, 0.29) is 11.3 Å². The molecule has 4 nitrogen and oxygen atoms in total. The number of anilines is 1. The van der Waals surface area contributed by atoms with Gasteiger partial charge in [0.15, 0.2) is 0 Å². The van der Waals surface area contributed by atoms with Crippen LogP contribution in [-0.4, -0.2) is 18.1 Å². The van der Waals surface area contributed by atoms with Crippen LogP contribution < -0.4 is 10.1 Å². The minimum atomic E-state index is -4.91. The Hall–Kier alpha value is -2.05. The number of halogens is 3. The van der Waals surface area contributed by atoms with Gasteiger partial charge in [-0.3, -0.25) is 9.59 Å². The lowest BCUT2D eigenvalue weighted by Gasteiger charge is -2.12. The van der Waals surface area contributed by atoms with Crippen molar-refractivity contribution >= 4 is 17.4 Å². The predicted molar refractivity (Wildman–Crippen MR) is 50.8 cm³/mol. The monoisotopic (exact) mass is 245 g/mol. The number of carbonyl (C=O) groups is 2. The number of carbonyl (C=O) groups excluding carboxylic acids is 2. The molecule has 1 heterocycles. The van der Waals surface area contributed by atoms with Crippen molar-refractivity contribution in [2.75, 3.05) is 5.32 Å². The zero-order valence-corrected chi connectivity index (χ0v) is 8.51. The van der Waals surface area contributed by atoms with Gasteiger partial charge in [-0.25, -0.2) is 0 Å². The number of amides is 1. The zero-order chi connectivity index (χ0) is 12.8. The Morgan fingerprint density at radius 3 is 2.47 bits per heavy atom. The summed E-state index contributed by atoms with van der Waals surface area (Å²) in [7, 11) is 0. The second-order valence-corrected chi connectivity index (χ2v) is 3.46. The van der Waals surface area contributed by atoms with Crippen molar-refractivity contribution in [2.24, 2.45) is 0 Å². The maximum Gasteiger partial charge on any atom is 0.573 e. The van der Waals surface area contributed by atoms with Crippen molar-refractivity contribution in [3.63, 3.8) is 0 Å². The van der Waals surface area contributed by atoms with Crippen molar-refractivity contribution < 1.29 is 27.5 Å². The summed E-state index contributed by atoms with van der Waals surface area (Å²) in [6.07, 6.45) is -4.91. The molecule has 0 unspecified atom stereocenters. The van der Waals surface area contributed by atoms with E-state index in [9.17, 15) is 22.8 Å². The van der Waals surface area contributed by atoms with E-state index >= 15 is 0 Å². The number of nitrogens with one attached hydrogen (secondary N) is 1. The molecule has 0 aromatic heterocycles. The van der Waals surface area contributed by atoms with Gasteiger partial charge in [-0.15, -0.1) is 13.2 Å². The molecule has 1 N–H and O–H groups in total. The Labute approximate surface area is 93.4 Å². The Bertz CT molecular complexity index is 522. The molecular weight excluding hydrogens is 239 g/mol. The Balaban J connectivity index is 2.55. The second kappa shape index (κ2) is 3.47. The number of Topliss-reactive ketones (excluding diaryl/α,β-unsaturated/α-hetero) is 1. The largest absolute Gasteiger partial charge is 0.573 e. The van der Waals surface area contributed by atoms with Crippen LogP contribution in [0.2, 0.25) is 0 Å². The van der Waals surface area contributed by atoms with E-state index in [0.717, 1.165) is 6.07 Å². The van der Waals surface area contributed by atoms with Gasteiger partial charge >= 0.3 is 6.36 Å². The first-order chi connectivity index (χ1) is 7.79. The summed E-state index contributed by atoms with van der Waals surface area (Å²) in [5.74, 6) is -2.65. The quantitative estimate of drug-likeness (QED) is 0.770. The number of ketones is 1. The van der Waals surface area contributed by atoms with Crippen LogP contribution in [0.4, 0.5) is 18.9 Å². The van der Waals surface area contributed by atoms with Crippen LogP contribution in [-0.2, 0) is 4.79 Å². The van der Waals surface area contributed by atoms with E-state index in [0.29, 0.717) is 5.56 Å². The third-order valence-corrected chi connectivity index (χ3v) is 2.27. The van der Waals surface area contributed by atoms with E-state index in [1.54, 1.807) is 6.92 Å². The van der Waals surface area contributed by atoms with Crippen LogP contribution >= 0.6 is 0 Å². The zero-order valence-electron chi connectivity index (χ0n) is 8.51. The topological polar surface area (TPSA) is 55.4 Å². The molecule has 1 aliphatic heterocycles. The third-order valence-electron chi connectivity index (χ3n) is 2.27. The molecule has 1 aliphatic rings. The molecule has 1 aromatic rings. The number of fused-ring (bicyclic) bond motifs is 1. The van der Waals surface area contributed by atoms with Gasteiger partial charge in [-0.2, -0.15) is 0 Å². The fraction of sp³-hybridized carbons (Fsp3) is 0.200. The maximum absolute atomic E-state index is 12.1. The lowest BCUT2D eigenvalue weighted by molar-refractivity contribution is -0.274. The van der Waals surface area contributed by atoms with Crippen molar-refractivity contribution in [1.29, 1.82) is 0 Å². The van der Waals surface area contributed by atoms with Crippen molar-refractivity contribution in [3.8, 4) is 5.75 Å². The third kappa shape index (κ3) is 1.95. The minimum Gasteiger partial charge on any atom is -0.405 e. The van der Waals surface area contributed by atoms with E-state index in [4.69, 9.17) is 0 Å². The van der Waals surface area contributed by atoms with Gasteiger partial charge in [0.25, 0.3) is 11.7 Å². The highest BCUT2D eigenvalue weighted by Crippen LogP contribution is 2.36. The molecule has 0 spiro atoms. The number of ether oxygens (including phenoxy) is 1. The fourth-order valence-corrected chi connectivity index (χ4v) is 1.57. The first kappa shape index (κ1) is 11.4. The minimum absolute atomic E-state index is 0.0711. The highest BCUT2D eigenvalue weighted by molar-refractivity contribution is 6.52. The van der Waals surface area contributed by atoms with Gasteiger partial charge in [0.05, 0.1) is 11.3 Å². The Kier molecular flexibility index (Phi) is 2.34. The molecule has 7 heteroatoms. The fourth-order valence-electron chi connectivity index (χ4n) is 1.57. The summed E-state index contributed by atoms with van der Waals surface area (Å²) in [4.78, 5) is 22.5. The second-order valence-electron chi connectivity index (χ2n) is 3.46. The Morgan fingerprint density at radius 1 is 1.24 bits per heavy atom. The van der Waals surface area contributed by atoms with E-state index < -0.39 is 23.8 Å². The van der Waals surface area contributed by atoms with Gasteiger partial charge in [0.1, 0.15) is 5.75 Å². The van der Waals surface area contributed by atoms with Crippen LogP contribution in [0.5, 0.6) is 5.75 Å². The van der Waals surface area contributed by atoms with E-state index in [2.05, 4.69) is 10.1 Å². The number of hydrogen-bond donors (Lipinski definition) is 1. The summed E-state index contributed by atoms with van der Waals surface area (Å²) < 4.78 is 40.0. The van der Waals surface area contributed by atoms with Gasteiger partial charge in [-0.1, -0.05) is 6.07 Å². The highest BCUT2D eigenvalue weighted by atomic mass is 19.4. The van der Waals surface area contributed by atoms with Gasteiger partial charge in [0, 0.05) is 0 Å². The molecule has 90 valence electrons. The van der Waals surface area contributed by atoms with Gasteiger partial charge in [0.2, 0.25) is 0 Å². The Morgan fingerprint density at radius 2 is 1.88 bits per heavy atom.